The zero-order chi connectivity index (χ0) is 14.7. The van der Waals surface area contributed by atoms with Crippen molar-refractivity contribution in [1.29, 1.82) is 0 Å². The van der Waals surface area contributed by atoms with Crippen LogP contribution in [0.25, 0.3) is 5.69 Å². The van der Waals surface area contributed by atoms with Crippen LogP contribution in [-0.4, -0.2) is 14.8 Å². The van der Waals surface area contributed by atoms with Crippen molar-refractivity contribution in [3.05, 3.63) is 64.4 Å². The molecule has 1 unspecified atom stereocenters. The normalized spacial score (nSPS) is 12.5. The summed E-state index contributed by atoms with van der Waals surface area (Å²) in [6, 6.07) is 10.4. The summed E-state index contributed by atoms with van der Waals surface area (Å²) in [6.07, 6.45) is 5.90. The summed E-state index contributed by atoms with van der Waals surface area (Å²) in [6.45, 7) is 5.01. The Bertz CT molecular complexity index is 702. The number of para-hydroxylation sites is 1. The maximum atomic E-state index is 4.43. The lowest BCUT2D eigenvalue weighted by Gasteiger charge is -2.10. The number of aromatic nitrogens is 3. The van der Waals surface area contributed by atoms with Crippen molar-refractivity contribution in [2.75, 3.05) is 0 Å². The van der Waals surface area contributed by atoms with E-state index in [4.69, 9.17) is 0 Å². The molecule has 3 rings (SSSR count). The van der Waals surface area contributed by atoms with Crippen LogP contribution in [0.3, 0.4) is 0 Å². The van der Waals surface area contributed by atoms with Crippen LogP contribution < -0.4 is 5.32 Å². The van der Waals surface area contributed by atoms with Gasteiger partial charge in [0.2, 0.25) is 0 Å². The first-order valence-electron chi connectivity index (χ1n) is 6.97. The smallest absolute Gasteiger partial charge is 0.107 e. The molecule has 108 valence electrons. The second kappa shape index (κ2) is 6.20. The molecule has 3 aromatic rings. The van der Waals surface area contributed by atoms with E-state index in [0.29, 0.717) is 0 Å². The Morgan fingerprint density at radius 3 is 2.76 bits per heavy atom. The van der Waals surface area contributed by atoms with Crippen LogP contribution in [0.2, 0.25) is 0 Å². The summed E-state index contributed by atoms with van der Waals surface area (Å²) in [5.74, 6) is 0. The fourth-order valence-electron chi connectivity index (χ4n) is 2.12. The minimum atomic E-state index is 0.242. The molecule has 1 N–H and O–H groups in total. The largest absolute Gasteiger partial charge is 0.304 e. The van der Waals surface area contributed by atoms with Gasteiger partial charge in [-0.25, -0.2) is 9.67 Å². The van der Waals surface area contributed by atoms with Crippen molar-refractivity contribution < 1.29 is 0 Å². The van der Waals surface area contributed by atoms with Crippen molar-refractivity contribution in [3.8, 4) is 5.69 Å². The van der Waals surface area contributed by atoms with E-state index in [1.165, 1.54) is 10.4 Å². The minimum absolute atomic E-state index is 0.242. The number of hydrogen-bond donors (Lipinski definition) is 1. The van der Waals surface area contributed by atoms with Gasteiger partial charge in [-0.1, -0.05) is 18.2 Å². The molecule has 0 spiro atoms. The Labute approximate surface area is 128 Å². The Balaban J connectivity index is 1.65. The first-order valence-corrected chi connectivity index (χ1v) is 7.79. The van der Waals surface area contributed by atoms with Crippen molar-refractivity contribution in [2.24, 2.45) is 0 Å². The van der Waals surface area contributed by atoms with Crippen molar-refractivity contribution >= 4 is 11.3 Å². The molecule has 0 aliphatic carbocycles. The van der Waals surface area contributed by atoms with Gasteiger partial charge in [0, 0.05) is 35.4 Å². The molecule has 2 aromatic heterocycles. The summed E-state index contributed by atoms with van der Waals surface area (Å²) in [5.41, 5.74) is 2.25. The van der Waals surface area contributed by atoms with Crippen LogP contribution in [0.15, 0.2) is 48.9 Å². The third-order valence-corrected chi connectivity index (χ3v) is 4.26. The number of hydrogen-bond acceptors (Lipinski definition) is 4. The van der Waals surface area contributed by atoms with E-state index in [0.717, 1.165) is 17.2 Å². The van der Waals surface area contributed by atoms with E-state index in [2.05, 4.69) is 35.4 Å². The maximum Gasteiger partial charge on any atom is 0.107 e. The molecular weight excluding hydrogens is 280 g/mol. The molecule has 21 heavy (non-hydrogen) atoms. The molecule has 0 bridgehead atoms. The molecule has 1 atom stereocenters. The van der Waals surface area contributed by atoms with E-state index in [1.54, 1.807) is 11.3 Å². The first kappa shape index (κ1) is 14.0. The third-order valence-electron chi connectivity index (χ3n) is 3.35. The fourth-order valence-corrected chi connectivity index (χ4v) is 2.86. The SMILES string of the molecule is Cc1cnc(CNC(C)c2cnn(-c3ccccc3)c2)s1. The van der Waals surface area contributed by atoms with Crippen LogP contribution >= 0.6 is 11.3 Å². The molecule has 2 heterocycles. The quantitative estimate of drug-likeness (QED) is 0.784. The predicted octanol–water partition coefficient (Wildman–Crippen LogP) is 3.49. The molecule has 1 aromatic carbocycles. The molecular formula is C16H18N4S. The molecule has 0 fully saturated rings. The van der Waals surface area contributed by atoms with E-state index in [-0.39, 0.29) is 6.04 Å². The van der Waals surface area contributed by atoms with Gasteiger partial charge in [-0.2, -0.15) is 5.10 Å². The summed E-state index contributed by atoms with van der Waals surface area (Å²) in [7, 11) is 0. The number of rotatable bonds is 5. The number of aryl methyl sites for hydroxylation is 1. The Morgan fingerprint density at radius 2 is 2.05 bits per heavy atom. The summed E-state index contributed by atoms with van der Waals surface area (Å²) in [5, 5.41) is 9.04. The predicted molar refractivity (Wildman–Crippen MR) is 85.7 cm³/mol. The van der Waals surface area contributed by atoms with Gasteiger partial charge in [0.1, 0.15) is 5.01 Å². The van der Waals surface area contributed by atoms with Crippen molar-refractivity contribution in [2.45, 2.75) is 26.4 Å². The number of thiazole rings is 1. The van der Waals surface area contributed by atoms with Gasteiger partial charge in [-0.3, -0.25) is 0 Å². The lowest BCUT2D eigenvalue weighted by Crippen LogP contribution is -2.17. The van der Waals surface area contributed by atoms with Gasteiger partial charge in [-0.05, 0) is 26.0 Å². The van der Waals surface area contributed by atoms with E-state index in [1.807, 2.05) is 47.4 Å². The molecule has 4 nitrogen and oxygen atoms in total. The Morgan fingerprint density at radius 1 is 1.24 bits per heavy atom. The van der Waals surface area contributed by atoms with E-state index in [9.17, 15) is 0 Å². The zero-order valence-corrected chi connectivity index (χ0v) is 13.0. The number of nitrogens with one attached hydrogen (secondary N) is 1. The second-order valence-electron chi connectivity index (χ2n) is 5.02. The molecule has 0 saturated carbocycles. The zero-order valence-electron chi connectivity index (χ0n) is 12.2. The Kier molecular flexibility index (Phi) is 4.13. The fraction of sp³-hybridized carbons (Fsp3) is 0.250. The lowest BCUT2D eigenvalue weighted by molar-refractivity contribution is 0.573. The van der Waals surface area contributed by atoms with Gasteiger partial charge in [-0.15, -0.1) is 11.3 Å². The topological polar surface area (TPSA) is 42.7 Å². The van der Waals surface area contributed by atoms with Gasteiger partial charge in [0.15, 0.2) is 0 Å². The molecule has 5 heteroatoms. The average molecular weight is 298 g/mol. The summed E-state index contributed by atoms with van der Waals surface area (Å²) < 4.78 is 1.90. The molecule has 0 radical (unpaired) electrons. The van der Waals surface area contributed by atoms with Gasteiger partial charge in [0.05, 0.1) is 11.9 Å². The number of benzene rings is 1. The van der Waals surface area contributed by atoms with Crippen molar-refractivity contribution in [1.82, 2.24) is 20.1 Å². The molecule has 0 aliphatic rings. The van der Waals surface area contributed by atoms with Gasteiger partial charge >= 0.3 is 0 Å². The van der Waals surface area contributed by atoms with E-state index < -0.39 is 0 Å². The van der Waals surface area contributed by atoms with Gasteiger partial charge < -0.3 is 5.32 Å². The lowest BCUT2D eigenvalue weighted by atomic mass is 10.2. The van der Waals surface area contributed by atoms with Crippen LogP contribution in [0, 0.1) is 6.92 Å². The molecule has 0 saturated heterocycles. The first-order chi connectivity index (χ1) is 10.2. The van der Waals surface area contributed by atoms with Crippen LogP contribution in [0.5, 0.6) is 0 Å². The minimum Gasteiger partial charge on any atom is -0.304 e. The van der Waals surface area contributed by atoms with Crippen molar-refractivity contribution in [3.63, 3.8) is 0 Å². The van der Waals surface area contributed by atoms with Crippen LogP contribution in [0.1, 0.15) is 28.4 Å². The monoisotopic (exact) mass is 298 g/mol. The number of nitrogens with zero attached hydrogens (tertiary/aromatic N) is 3. The maximum absolute atomic E-state index is 4.43. The second-order valence-corrected chi connectivity index (χ2v) is 6.34. The molecule has 0 amide bonds. The highest BCUT2D eigenvalue weighted by Crippen LogP contribution is 2.16. The average Bonchev–Trinajstić information content (AvgIpc) is 3.15. The standard InChI is InChI=1S/C16H18N4S/c1-12-8-18-16(21-12)10-17-13(2)14-9-19-20(11-14)15-6-4-3-5-7-15/h3-9,11,13,17H,10H2,1-2H3. The Hall–Kier alpha value is -1.98. The van der Waals surface area contributed by atoms with Crippen LogP contribution in [0.4, 0.5) is 0 Å². The summed E-state index contributed by atoms with van der Waals surface area (Å²) in [4.78, 5) is 5.62. The highest BCUT2D eigenvalue weighted by atomic mass is 32.1. The highest BCUT2D eigenvalue weighted by molar-refractivity contribution is 7.11. The molecule has 0 aliphatic heterocycles. The third kappa shape index (κ3) is 3.37. The summed E-state index contributed by atoms with van der Waals surface area (Å²) >= 11 is 1.73. The van der Waals surface area contributed by atoms with E-state index >= 15 is 0 Å². The highest BCUT2D eigenvalue weighted by Gasteiger charge is 2.09. The van der Waals surface area contributed by atoms with Gasteiger partial charge in [0.25, 0.3) is 0 Å². The van der Waals surface area contributed by atoms with Crippen LogP contribution in [-0.2, 0) is 6.54 Å².